The summed E-state index contributed by atoms with van der Waals surface area (Å²) >= 11 is 10.1. The lowest BCUT2D eigenvalue weighted by molar-refractivity contribution is -0.117. The fourth-order valence-electron chi connectivity index (χ4n) is 0.899. The molecule has 0 radical (unpaired) electrons. The monoisotopic (exact) mass is 398 g/mol. The number of halogens is 3. The normalized spacial score (nSPS) is 12.3. The summed E-state index contributed by atoms with van der Waals surface area (Å²) in [6.07, 6.45) is 0. The van der Waals surface area contributed by atoms with Crippen molar-refractivity contribution in [3.63, 3.8) is 0 Å². The van der Waals surface area contributed by atoms with Crippen LogP contribution in [0.4, 0.5) is 5.69 Å². The molecule has 0 fully saturated rings. The third-order valence-corrected chi connectivity index (χ3v) is 3.38. The molecule has 15 heavy (non-hydrogen) atoms. The molecule has 3 N–H and O–H groups in total. The Labute approximate surface area is 113 Å². The highest BCUT2D eigenvalue weighted by Gasteiger charge is 2.12. The number of hydrogen-bond donors (Lipinski definition) is 2. The van der Waals surface area contributed by atoms with Crippen LogP contribution in [0.15, 0.2) is 25.6 Å². The fourth-order valence-corrected chi connectivity index (χ4v) is 3.36. The standard InChI is InChI=1S/C9H9Br3N2O/c1-4(13)9(15)14-8-6(11)2-5(10)3-7(8)12/h2-4H,13H2,1H3,(H,14,15)/t4-/m0/s1. The summed E-state index contributed by atoms with van der Waals surface area (Å²) in [6.45, 7) is 1.63. The molecule has 6 heteroatoms. The lowest BCUT2D eigenvalue weighted by Crippen LogP contribution is -2.32. The molecule has 0 aromatic heterocycles. The van der Waals surface area contributed by atoms with Crippen LogP contribution in [-0.4, -0.2) is 11.9 Å². The van der Waals surface area contributed by atoms with Gasteiger partial charge in [0.25, 0.3) is 0 Å². The topological polar surface area (TPSA) is 55.1 Å². The molecule has 3 nitrogen and oxygen atoms in total. The van der Waals surface area contributed by atoms with Crippen LogP contribution < -0.4 is 11.1 Å². The maximum atomic E-state index is 11.4. The number of hydrogen-bond acceptors (Lipinski definition) is 2. The third-order valence-electron chi connectivity index (χ3n) is 1.67. The minimum Gasteiger partial charge on any atom is -0.323 e. The van der Waals surface area contributed by atoms with Crippen molar-refractivity contribution >= 4 is 59.4 Å². The van der Waals surface area contributed by atoms with Crippen LogP contribution >= 0.6 is 47.8 Å². The highest BCUT2D eigenvalue weighted by atomic mass is 79.9. The van der Waals surface area contributed by atoms with Crippen LogP contribution in [0, 0.1) is 0 Å². The predicted octanol–water partition coefficient (Wildman–Crippen LogP) is 3.26. The molecule has 82 valence electrons. The molecule has 1 aromatic rings. The van der Waals surface area contributed by atoms with Crippen molar-refractivity contribution in [2.75, 3.05) is 5.32 Å². The fraction of sp³-hybridized carbons (Fsp3) is 0.222. The van der Waals surface area contributed by atoms with Crippen molar-refractivity contribution in [2.24, 2.45) is 5.73 Å². The molecule has 1 rings (SSSR count). The summed E-state index contributed by atoms with van der Waals surface area (Å²) < 4.78 is 2.50. The van der Waals surface area contributed by atoms with Crippen molar-refractivity contribution in [3.05, 3.63) is 25.6 Å². The van der Waals surface area contributed by atoms with E-state index in [2.05, 4.69) is 53.1 Å². The Morgan fingerprint density at radius 3 is 2.20 bits per heavy atom. The van der Waals surface area contributed by atoms with E-state index in [1.165, 1.54) is 0 Å². The number of carbonyl (C=O) groups excluding carboxylic acids is 1. The van der Waals surface area contributed by atoms with Crippen LogP contribution in [0.5, 0.6) is 0 Å². The number of rotatable bonds is 2. The Morgan fingerprint density at radius 2 is 1.80 bits per heavy atom. The first kappa shape index (κ1) is 13.2. The zero-order chi connectivity index (χ0) is 11.6. The van der Waals surface area contributed by atoms with Crippen molar-refractivity contribution in [2.45, 2.75) is 13.0 Å². The van der Waals surface area contributed by atoms with Gasteiger partial charge in [-0.1, -0.05) is 15.9 Å². The summed E-state index contributed by atoms with van der Waals surface area (Å²) in [5.41, 5.74) is 6.14. The van der Waals surface area contributed by atoms with Gasteiger partial charge in [0.15, 0.2) is 0 Å². The second kappa shape index (κ2) is 5.43. The summed E-state index contributed by atoms with van der Waals surface area (Å²) in [4.78, 5) is 11.4. The first-order chi connectivity index (χ1) is 6.91. The molecule has 0 saturated heterocycles. The van der Waals surface area contributed by atoms with Gasteiger partial charge in [0.2, 0.25) is 5.91 Å². The lowest BCUT2D eigenvalue weighted by Gasteiger charge is -2.11. The largest absolute Gasteiger partial charge is 0.323 e. The number of carbonyl (C=O) groups is 1. The van der Waals surface area contributed by atoms with Gasteiger partial charge in [0.05, 0.1) is 11.7 Å². The molecule has 1 atom stereocenters. The van der Waals surface area contributed by atoms with E-state index in [0.29, 0.717) is 5.69 Å². The lowest BCUT2D eigenvalue weighted by atomic mass is 10.3. The summed E-state index contributed by atoms with van der Waals surface area (Å²) in [5.74, 6) is -0.223. The summed E-state index contributed by atoms with van der Waals surface area (Å²) in [7, 11) is 0. The first-order valence-electron chi connectivity index (χ1n) is 4.13. The van der Waals surface area contributed by atoms with Gasteiger partial charge < -0.3 is 11.1 Å². The number of amides is 1. The molecule has 0 aliphatic heterocycles. The highest BCUT2D eigenvalue weighted by Crippen LogP contribution is 2.34. The Morgan fingerprint density at radius 1 is 1.33 bits per heavy atom. The maximum Gasteiger partial charge on any atom is 0.241 e. The molecule has 1 amide bonds. The van der Waals surface area contributed by atoms with Crippen molar-refractivity contribution in [3.8, 4) is 0 Å². The molecule has 0 aliphatic rings. The van der Waals surface area contributed by atoms with Crippen molar-refractivity contribution in [1.82, 2.24) is 0 Å². The van der Waals surface area contributed by atoms with Crippen molar-refractivity contribution < 1.29 is 4.79 Å². The molecule has 0 saturated carbocycles. The van der Waals surface area contributed by atoms with Crippen LogP contribution in [-0.2, 0) is 4.79 Å². The van der Waals surface area contributed by atoms with E-state index in [1.807, 2.05) is 12.1 Å². The maximum absolute atomic E-state index is 11.4. The van der Waals surface area contributed by atoms with Crippen LogP contribution in [0.2, 0.25) is 0 Å². The summed E-state index contributed by atoms with van der Waals surface area (Å²) in [6, 6.07) is 3.16. The Hall–Kier alpha value is 0.0900. The van der Waals surface area contributed by atoms with Crippen LogP contribution in [0.3, 0.4) is 0 Å². The Bertz CT molecular complexity index is 370. The van der Waals surface area contributed by atoms with E-state index in [9.17, 15) is 4.79 Å². The molecule has 0 spiro atoms. The van der Waals surface area contributed by atoms with E-state index in [1.54, 1.807) is 6.92 Å². The van der Waals surface area contributed by atoms with Gasteiger partial charge in [-0.2, -0.15) is 0 Å². The number of nitrogens with one attached hydrogen (secondary N) is 1. The van der Waals surface area contributed by atoms with E-state index in [-0.39, 0.29) is 5.91 Å². The molecule has 0 heterocycles. The predicted molar refractivity (Wildman–Crippen MR) is 71.8 cm³/mol. The van der Waals surface area contributed by atoms with Gasteiger partial charge in [-0.15, -0.1) is 0 Å². The third kappa shape index (κ3) is 3.55. The zero-order valence-electron chi connectivity index (χ0n) is 7.85. The van der Waals surface area contributed by atoms with Crippen LogP contribution in [0.1, 0.15) is 6.92 Å². The van der Waals surface area contributed by atoms with Gasteiger partial charge in [0, 0.05) is 13.4 Å². The van der Waals surface area contributed by atoms with E-state index >= 15 is 0 Å². The molecular weight excluding hydrogens is 392 g/mol. The Balaban J connectivity index is 3.00. The van der Waals surface area contributed by atoms with Gasteiger partial charge in [0.1, 0.15) is 0 Å². The zero-order valence-corrected chi connectivity index (χ0v) is 12.6. The minimum absolute atomic E-state index is 0.223. The molecular formula is C9H9Br3N2O. The molecule has 0 unspecified atom stereocenters. The first-order valence-corrected chi connectivity index (χ1v) is 6.50. The van der Waals surface area contributed by atoms with Crippen LogP contribution in [0.25, 0.3) is 0 Å². The molecule has 1 aromatic carbocycles. The second-order valence-electron chi connectivity index (χ2n) is 3.02. The molecule has 0 bridgehead atoms. The van der Waals surface area contributed by atoms with E-state index in [0.717, 1.165) is 13.4 Å². The quantitative estimate of drug-likeness (QED) is 0.800. The van der Waals surface area contributed by atoms with E-state index < -0.39 is 6.04 Å². The van der Waals surface area contributed by atoms with Gasteiger partial charge in [-0.25, -0.2) is 0 Å². The average Bonchev–Trinajstić information content (AvgIpc) is 2.10. The number of benzene rings is 1. The Kier molecular flexibility index (Phi) is 4.76. The SMILES string of the molecule is C[C@H](N)C(=O)Nc1c(Br)cc(Br)cc1Br. The van der Waals surface area contributed by atoms with Gasteiger partial charge in [-0.3, -0.25) is 4.79 Å². The molecule has 0 aliphatic carbocycles. The summed E-state index contributed by atoms with van der Waals surface area (Å²) in [5, 5.41) is 2.73. The second-order valence-corrected chi connectivity index (χ2v) is 5.65. The highest BCUT2D eigenvalue weighted by molar-refractivity contribution is 9.11. The van der Waals surface area contributed by atoms with E-state index in [4.69, 9.17) is 5.73 Å². The number of nitrogens with two attached hydrogens (primary N) is 1. The minimum atomic E-state index is -0.535. The smallest absolute Gasteiger partial charge is 0.241 e. The van der Waals surface area contributed by atoms with Gasteiger partial charge in [-0.05, 0) is 50.9 Å². The average molecular weight is 401 g/mol. The van der Waals surface area contributed by atoms with Crippen molar-refractivity contribution in [1.29, 1.82) is 0 Å². The van der Waals surface area contributed by atoms with Gasteiger partial charge >= 0.3 is 0 Å². The number of anilines is 1.